The highest BCUT2D eigenvalue weighted by atomic mass is 16.5. The van der Waals surface area contributed by atoms with Gasteiger partial charge in [0, 0.05) is 0 Å². The van der Waals surface area contributed by atoms with Gasteiger partial charge in [-0.15, -0.1) is 0 Å². The molecule has 2 N–H and O–H groups in total. The molecule has 0 saturated heterocycles. The van der Waals surface area contributed by atoms with E-state index in [2.05, 4.69) is 5.32 Å². The van der Waals surface area contributed by atoms with Crippen molar-refractivity contribution >= 4 is 17.6 Å². The SMILES string of the molecule is O=C(Cc1ccc(C(=O)O)cc1)Nc1ccccc1OCC1CC1. The molecule has 0 bridgehead atoms. The van der Waals surface area contributed by atoms with Crippen molar-refractivity contribution < 1.29 is 19.4 Å². The Bertz CT molecular complexity index is 735. The molecule has 124 valence electrons. The Morgan fingerprint density at radius 2 is 1.79 bits per heavy atom. The minimum absolute atomic E-state index is 0.166. The zero-order valence-corrected chi connectivity index (χ0v) is 13.2. The third-order valence-electron chi connectivity index (χ3n) is 3.90. The summed E-state index contributed by atoms with van der Waals surface area (Å²) in [5.41, 5.74) is 1.62. The summed E-state index contributed by atoms with van der Waals surface area (Å²) < 4.78 is 5.77. The number of benzene rings is 2. The molecule has 1 saturated carbocycles. The number of aromatic carboxylic acids is 1. The molecule has 1 fully saturated rings. The fourth-order valence-corrected chi connectivity index (χ4v) is 2.33. The number of carboxylic acids is 1. The van der Waals surface area contributed by atoms with E-state index in [0.717, 1.165) is 5.56 Å². The van der Waals surface area contributed by atoms with Gasteiger partial charge in [-0.1, -0.05) is 24.3 Å². The van der Waals surface area contributed by atoms with Crippen LogP contribution < -0.4 is 10.1 Å². The van der Waals surface area contributed by atoms with E-state index >= 15 is 0 Å². The van der Waals surface area contributed by atoms with Crippen LogP contribution in [0, 0.1) is 5.92 Å². The van der Waals surface area contributed by atoms with Crippen LogP contribution in [0.25, 0.3) is 0 Å². The average Bonchev–Trinajstić information content (AvgIpc) is 3.39. The summed E-state index contributed by atoms with van der Waals surface area (Å²) in [5.74, 6) is 0.175. The Kier molecular flexibility index (Phi) is 4.79. The molecule has 5 heteroatoms. The fourth-order valence-electron chi connectivity index (χ4n) is 2.33. The Labute approximate surface area is 140 Å². The summed E-state index contributed by atoms with van der Waals surface area (Å²) in [6.07, 6.45) is 2.60. The van der Waals surface area contributed by atoms with E-state index in [1.165, 1.54) is 25.0 Å². The van der Waals surface area contributed by atoms with Gasteiger partial charge in [0.05, 0.1) is 24.3 Å². The molecule has 1 amide bonds. The highest BCUT2D eigenvalue weighted by Crippen LogP contribution is 2.31. The van der Waals surface area contributed by atoms with Crippen LogP contribution in [0.1, 0.15) is 28.8 Å². The van der Waals surface area contributed by atoms with Crippen molar-refractivity contribution in [3.63, 3.8) is 0 Å². The first-order chi connectivity index (χ1) is 11.6. The molecule has 0 atom stereocenters. The molecule has 0 radical (unpaired) electrons. The van der Waals surface area contributed by atoms with Gasteiger partial charge in [0.25, 0.3) is 0 Å². The molecule has 2 aromatic rings. The number of rotatable bonds is 7. The number of carbonyl (C=O) groups is 2. The van der Waals surface area contributed by atoms with Crippen LogP contribution in [0.3, 0.4) is 0 Å². The van der Waals surface area contributed by atoms with Crippen LogP contribution in [-0.2, 0) is 11.2 Å². The number of hydrogen-bond acceptors (Lipinski definition) is 3. The highest BCUT2D eigenvalue weighted by Gasteiger charge is 2.22. The number of anilines is 1. The lowest BCUT2D eigenvalue weighted by Crippen LogP contribution is -2.15. The molecule has 3 rings (SSSR count). The van der Waals surface area contributed by atoms with Gasteiger partial charge < -0.3 is 15.2 Å². The topological polar surface area (TPSA) is 75.6 Å². The predicted molar refractivity (Wildman–Crippen MR) is 90.4 cm³/mol. The van der Waals surface area contributed by atoms with Crippen LogP contribution in [-0.4, -0.2) is 23.6 Å². The van der Waals surface area contributed by atoms with Crippen LogP contribution in [0.5, 0.6) is 5.75 Å². The molecular weight excluding hydrogens is 306 g/mol. The maximum absolute atomic E-state index is 12.2. The van der Waals surface area contributed by atoms with E-state index in [1.54, 1.807) is 12.1 Å². The summed E-state index contributed by atoms with van der Waals surface area (Å²) in [5, 5.41) is 11.7. The van der Waals surface area contributed by atoms with Crippen molar-refractivity contribution in [1.82, 2.24) is 0 Å². The van der Waals surface area contributed by atoms with Gasteiger partial charge in [-0.25, -0.2) is 4.79 Å². The van der Waals surface area contributed by atoms with E-state index in [1.807, 2.05) is 24.3 Å². The fraction of sp³-hybridized carbons (Fsp3) is 0.263. The molecule has 24 heavy (non-hydrogen) atoms. The van der Waals surface area contributed by atoms with Gasteiger partial charge >= 0.3 is 5.97 Å². The molecule has 2 aromatic carbocycles. The molecule has 0 unspecified atom stereocenters. The summed E-state index contributed by atoms with van der Waals surface area (Å²) in [7, 11) is 0. The molecule has 0 aliphatic heterocycles. The van der Waals surface area contributed by atoms with Crippen LogP contribution in [0.4, 0.5) is 5.69 Å². The van der Waals surface area contributed by atoms with Crippen LogP contribution in [0.2, 0.25) is 0 Å². The number of para-hydroxylation sites is 2. The summed E-state index contributed by atoms with van der Waals surface area (Å²) in [6.45, 7) is 0.684. The number of carboxylic acid groups (broad SMARTS) is 1. The van der Waals surface area contributed by atoms with Gasteiger partial charge in [0.2, 0.25) is 5.91 Å². The second kappa shape index (κ2) is 7.17. The van der Waals surface area contributed by atoms with Crippen molar-refractivity contribution in [2.75, 3.05) is 11.9 Å². The Balaban J connectivity index is 1.60. The lowest BCUT2D eigenvalue weighted by atomic mass is 10.1. The number of hydrogen-bond donors (Lipinski definition) is 2. The second-order valence-electron chi connectivity index (χ2n) is 5.98. The lowest BCUT2D eigenvalue weighted by molar-refractivity contribution is -0.115. The van der Waals surface area contributed by atoms with Crippen LogP contribution in [0.15, 0.2) is 48.5 Å². The first kappa shape index (κ1) is 16.1. The van der Waals surface area contributed by atoms with Gasteiger partial charge in [0.1, 0.15) is 5.75 Å². The molecule has 1 aliphatic carbocycles. The van der Waals surface area contributed by atoms with Crippen molar-refractivity contribution in [2.24, 2.45) is 5.92 Å². The molecule has 0 heterocycles. The highest BCUT2D eigenvalue weighted by molar-refractivity contribution is 5.94. The minimum Gasteiger partial charge on any atom is -0.491 e. The number of nitrogens with one attached hydrogen (secondary N) is 1. The van der Waals surface area contributed by atoms with Gasteiger partial charge in [-0.2, -0.15) is 0 Å². The summed E-state index contributed by atoms with van der Waals surface area (Å²) in [4.78, 5) is 23.1. The Morgan fingerprint density at radius 3 is 2.46 bits per heavy atom. The minimum atomic E-state index is -0.979. The van der Waals surface area contributed by atoms with E-state index in [0.29, 0.717) is 24.0 Å². The average molecular weight is 325 g/mol. The number of amides is 1. The number of ether oxygens (including phenoxy) is 1. The molecule has 0 spiro atoms. The summed E-state index contributed by atoms with van der Waals surface area (Å²) >= 11 is 0. The normalized spacial score (nSPS) is 13.3. The van der Waals surface area contributed by atoms with E-state index in [-0.39, 0.29) is 17.9 Å². The largest absolute Gasteiger partial charge is 0.491 e. The predicted octanol–water partition coefficient (Wildman–Crippen LogP) is 3.35. The van der Waals surface area contributed by atoms with Gasteiger partial charge in [-0.3, -0.25) is 4.79 Å². The maximum atomic E-state index is 12.2. The van der Waals surface area contributed by atoms with Crippen LogP contribution >= 0.6 is 0 Å². The van der Waals surface area contributed by atoms with E-state index in [4.69, 9.17) is 9.84 Å². The zero-order chi connectivity index (χ0) is 16.9. The third kappa shape index (κ3) is 4.35. The first-order valence-corrected chi connectivity index (χ1v) is 7.96. The molecular formula is C19H19NO4. The monoisotopic (exact) mass is 325 g/mol. The smallest absolute Gasteiger partial charge is 0.335 e. The second-order valence-corrected chi connectivity index (χ2v) is 5.98. The zero-order valence-electron chi connectivity index (χ0n) is 13.2. The van der Waals surface area contributed by atoms with Gasteiger partial charge in [-0.05, 0) is 48.6 Å². The standard InChI is InChI=1S/C19H19NO4/c21-18(11-13-7-9-15(10-8-13)19(22)23)20-16-3-1-2-4-17(16)24-12-14-5-6-14/h1-4,7-10,14H,5-6,11-12H2,(H,20,21)(H,22,23). The Hall–Kier alpha value is -2.82. The molecule has 5 nitrogen and oxygen atoms in total. The van der Waals surface area contributed by atoms with Crippen molar-refractivity contribution in [3.8, 4) is 5.75 Å². The Morgan fingerprint density at radius 1 is 1.08 bits per heavy atom. The lowest BCUT2D eigenvalue weighted by Gasteiger charge is -2.12. The maximum Gasteiger partial charge on any atom is 0.335 e. The first-order valence-electron chi connectivity index (χ1n) is 7.96. The number of carbonyl (C=O) groups excluding carboxylic acids is 1. The van der Waals surface area contributed by atoms with E-state index in [9.17, 15) is 9.59 Å². The third-order valence-corrected chi connectivity index (χ3v) is 3.90. The molecule has 0 aromatic heterocycles. The van der Waals surface area contributed by atoms with Gasteiger partial charge in [0.15, 0.2) is 0 Å². The van der Waals surface area contributed by atoms with Crippen molar-refractivity contribution in [3.05, 3.63) is 59.7 Å². The van der Waals surface area contributed by atoms with E-state index < -0.39 is 5.97 Å². The van der Waals surface area contributed by atoms with Crippen molar-refractivity contribution in [1.29, 1.82) is 0 Å². The van der Waals surface area contributed by atoms with Crippen molar-refractivity contribution in [2.45, 2.75) is 19.3 Å². The summed E-state index contributed by atoms with van der Waals surface area (Å²) in [6, 6.07) is 13.7. The quantitative estimate of drug-likeness (QED) is 0.818. The molecule has 1 aliphatic rings.